The van der Waals surface area contributed by atoms with E-state index in [4.69, 9.17) is 0 Å². The largest absolute Gasteiger partial charge is 0.507 e. The molecule has 1 N–H and O–H groups in total. The van der Waals surface area contributed by atoms with E-state index in [0.29, 0.717) is 5.16 Å². The van der Waals surface area contributed by atoms with E-state index in [1.54, 1.807) is 0 Å². The summed E-state index contributed by atoms with van der Waals surface area (Å²) in [7, 11) is 0. The summed E-state index contributed by atoms with van der Waals surface area (Å²) >= 11 is 1.17. The molecule has 0 aliphatic rings. The van der Waals surface area contributed by atoms with E-state index in [0.717, 1.165) is 29.1 Å². The Bertz CT molecular complexity index is 681. The number of Topliss-reactive ketones (excluding diaryl/α,β-unsaturated/α-hetero) is 1. The van der Waals surface area contributed by atoms with E-state index in [2.05, 4.69) is 9.97 Å². The summed E-state index contributed by atoms with van der Waals surface area (Å²) in [6.45, 7) is 5.71. The molecule has 0 radical (unpaired) electrons. The van der Waals surface area contributed by atoms with Gasteiger partial charge in [-0.2, -0.15) is 0 Å². The number of hydrogen-bond acceptors (Lipinski definition) is 5. The van der Waals surface area contributed by atoms with Gasteiger partial charge in [0, 0.05) is 11.4 Å². The van der Waals surface area contributed by atoms with Gasteiger partial charge < -0.3 is 5.11 Å². The Balaban J connectivity index is 2.13. The van der Waals surface area contributed by atoms with Crippen LogP contribution in [0.2, 0.25) is 0 Å². The van der Waals surface area contributed by atoms with Crippen molar-refractivity contribution >= 4 is 17.5 Å². The summed E-state index contributed by atoms with van der Waals surface area (Å²) in [5.74, 6) is -1.10. The van der Waals surface area contributed by atoms with Gasteiger partial charge in [-0.3, -0.25) is 4.79 Å². The lowest BCUT2D eigenvalue weighted by molar-refractivity contribution is 0.101. The highest BCUT2D eigenvalue weighted by Gasteiger charge is 2.14. The molecule has 0 amide bonds. The van der Waals surface area contributed by atoms with Gasteiger partial charge in [0.15, 0.2) is 10.9 Å². The number of benzene rings is 1. The SMILES string of the molecule is Cc1nc(SCC(=O)c2cc(F)ccc2O)nc(C)c1C. The maximum absolute atomic E-state index is 13.1. The molecule has 1 aromatic heterocycles. The second-order valence-corrected chi connectivity index (χ2v) is 5.62. The number of halogens is 1. The Hall–Kier alpha value is -1.95. The van der Waals surface area contributed by atoms with Crippen molar-refractivity contribution in [3.05, 3.63) is 46.5 Å². The number of aromatic hydroxyl groups is 1. The number of aryl methyl sites for hydroxylation is 2. The molecule has 0 bridgehead atoms. The molecule has 1 aromatic carbocycles. The smallest absolute Gasteiger partial charge is 0.188 e. The number of carbonyl (C=O) groups excluding carboxylic acids is 1. The first-order chi connectivity index (χ1) is 9.88. The molecule has 0 atom stereocenters. The van der Waals surface area contributed by atoms with Crippen LogP contribution in [0.25, 0.3) is 0 Å². The van der Waals surface area contributed by atoms with Crippen molar-refractivity contribution in [2.75, 3.05) is 5.75 Å². The van der Waals surface area contributed by atoms with Gasteiger partial charge in [0.25, 0.3) is 0 Å². The van der Waals surface area contributed by atoms with Crippen LogP contribution >= 0.6 is 11.8 Å². The van der Waals surface area contributed by atoms with Crippen molar-refractivity contribution in [2.24, 2.45) is 0 Å². The van der Waals surface area contributed by atoms with Crippen LogP contribution in [0.1, 0.15) is 27.3 Å². The molecule has 0 fully saturated rings. The first-order valence-corrected chi connectivity index (χ1v) is 7.33. The number of carbonyl (C=O) groups is 1. The predicted molar refractivity (Wildman–Crippen MR) is 79.4 cm³/mol. The second kappa shape index (κ2) is 6.22. The van der Waals surface area contributed by atoms with E-state index < -0.39 is 5.82 Å². The van der Waals surface area contributed by atoms with Crippen LogP contribution in [0.3, 0.4) is 0 Å². The fourth-order valence-corrected chi connectivity index (χ4v) is 2.56. The Morgan fingerprint density at radius 3 is 2.48 bits per heavy atom. The Labute approximate surface area is 126 Å². The zero-order chi connectivity index (χ0) is 15.6. The maximum atomic E-state index is 13.1. The number of hydrogen-bond donors (Lipinski definition) is 1. The second-order valence-electron chi connectivity index (χ2n) is 4.68. The van der Waals surface area contributed by atoms with Crippen LogP contribution < -0.4 is 0 Å². The molecule has 0 aliphatic heterocycles. The van der Waals surface area contributed by atoms with Crippen LogP contribution in [-0.2, 0) is 0 Å². The predicted octanol–water partition coefficient (Wildman–Crippen LogP) is 3.22. The Kier molecular flexibility index (Phi) is 4.57. The van der Waals surface area contributed by atoms with Crippen LogP contribution in [0.5, 0.6) is 5.75 Å². The van der Waals surface area contributed by atoms with Gasteiger partial charge in [0.2, 0.25) is 0 Å². The summed E-state index contributed by atoms with van der Waals surface area (Å²) in [5.41, 5.74) is 2.73. The Morgan fingerprint density at radius 2 is 1.86 bits per heavy atom. The number of rotatable bonds is 4. The lowest BCUT2D eigenvalue weighted by Crippen LogP contribution is -2.05. The minimum atomic E-state index is -0.556. The third-order valence-electron chi connectivity index (χ3n) is 3.20. The van der Waals surface area contributed by atoms with Crippen LogP contribution in [0.15, 0.2) is 23.4 Å². The first kappa shape index (κ1) is 15.4. The molecule has 110 valence electrons. The normalized spacial score (nSPS) is 10.7. The van der Waals surface area contributed by atoms with E-state index in [9.17, 15) is 14.3 Å². The van der Waals surface area contributed by atoms with Gasteiger partial charge in [0.1, 0.15) is 11.6 Å². The minimum absolute atomic E-state index is 0.0249. The summed E-state index contributed by atoms with van der Waals surface area (Å²) in [6.07, 6.45) is 0. The highest BCUT2D eigenvalue weighted by molar-refractivity contribution is 7.99. The van der Waals surface area contributed by atoms with E-state index in [1.807, 2.05) is 20.8 Å². The molecule has 6 heteroatoms. The molecule has 0 unspecified atom stereocenters. The summed E-state index contributed by atoms with van der Waals surface area (Å²) in [6, 6.07) is 3.31. The fraction of sp³-hybridized carbons (Fsp3) is 0.267. The topological polar surface area (TPSA) is 63.1 Å². The Morgan fingerprint density at radius 1 is 1.24 bits per heavy atom. The minimum Gasteiger partial charge on any atom is -0.507 e. The van der Waals surface area contributed by atoms with E-state index in [-0.39, 0.29) is 22.8 Å². The van der Waals surface area contributed by atoms with Crippen molar-refractivity contribution in [3.8, 4) is 5.75 Å². The molecule has 0 aliphatic carbocycles. The third kappa shape index (κ3) is 3.58. The molecule has 0 spiro atoms. The lowest BCUT2D eigenvalue weighted by Gasteiger charge is -2.07. The first-order valence-electron chi connectivity index (χ1n) is 6.35. The standard InChI is InChI=1S/C15H15FN2O2S/c1-8-9(2)17-15(18-10(8)3)21-7-14(20)12-6-11(16)4-5-13(12)19/h4-6,19H,7H2,1-3H3. The average Bonchev–Trinajstić information content (AvgIpc) is 2.44. The van der Waals surface area contributed by atoms with Crippen LogP contribution in [0, 0.1) is 26.6 Å². The molecular formula is C15H15FN2O2S. The molecule has 2 aromatic rings. The van der Waals surface area contributed by atoms with Crippen molar-refractivity contribution < 1.29 is 14.3 Å². The zero-order valence-electron chi connectivity index (χ0n) is 12.0. The number of ketones is 1. The quantitative estimate of drug-likeness (QED) is 0.534. The molecule has 0 saturated heterocycles. The van der Waals surface area contributed by atoms with Crippen molar-refractivity contribution in [2.45, 2.75) is 25.9 Å². The van der Waals surface area contributed by atoms with Gasteiger partial charge in [-0.25, -0.2) is 14.4 Å². The third-order valence-corrected chi connectivity index (χ3v) is 4.05. The summed E-state index contributed by atoms with van der Waals surface area (Å²) in [4.78, 5) is 20.6. The number of aromatic nitrogens is 2. The highest BCUT2D eigenvalue weighted by Crippen LogP contribution is 2.22. The fourth-order valence-electron chi connectivity index (χ4n) is 1.75. The number of thioether (sulfide) groups is 1. The molecular weight excluding hydrogens is 291 g/mol. The van der Waals surface area contributed by atoms with Gasteiger partial charge in [0.05, 0.1) is 11.3 Å². The summed E-state index contributed by atoms with van der Waals surface area (Å²) < 4.78 is 13.1. The lowest BCUT2D eigenvalue weighted by atomic mass is 10.1. The molecule has 21 heavy (non-hydrogen) atoms. The van der Waals surface area contributed by atoms with Gasteiger partial charge in [-0.05, 0) is 44.5 Å². The average molecular weight is 306 g/mol. The monoisotopic (exact) mass is 306 g/mol. The van der Waals surface area contributed by atoms with E-state index in [1.165, 1.54) is 17.8 Å². The number of phenols is 1. The number of nitrogens with zero attached hydrogens (tertiary/aromatic N) is 2. The zero-order valence-corrected chi connectivity index (χ0v) is 12.8. The maximum Gasteiger partial charge on any atom is 0.188 e. The molecule has 0 saturated carbocycles. The van der Waals surface area contributed by atoms with Crippen molar-refractivity contribution in [3.63, 3.8) is 0 Å². The highest BCUT2D eigenvalue weighted by atomic mass is 32.2. The van der Waals surface area contributed by atoms with E-state index >= 15 is 0 Å². The van der Waals surface area contributed by atoms with Gasteiger partial charge >= 0.3 is 0 Å². The van der Waals surface area contributed by atoms with Gasteiger partial charge in [-0.15, -0.1) is 0 Å². The number of phenolic OH excluding ortho intramolecular Hbond substituents is 1. The molecule has 2 rings (SSSR count). The van der Waals surface area contributed by atoms with Crippen molar-refractivity contribution in [1.82, 2.24) is 9.97 Å². The summed E-state index contributed by atoms with van der Waals surface area (Å²) in [5, 5.41) is 10.1. The van der Waals surface area contributed by atoms with Crippen LogP contribution in [-0.4, -0.2) is 26.6 Å². The molecule has 4 nitrogen and oxygen atoms in total. The van der Waals surface area contributed by atoms with Crippen LogP contribution in [0.4, 0.5) is 4.39 Å². The molecule has 1 heterocycles. The van der Waals surface area contributed by atoms with Crippen molar-refractivity contribution in [1.29, 1.82) is 0 Å². The van der Waals surface area contributed by atoms with Gasteiger partial charge in [-0.1, -0.05) is 11.8 Å².